The highest BCUT2D eigenvalue weighted by Gasteiger charge is 2.15. The van der Waals surface area contributed by atoms with Gasteiger partial charge in [0.15, 0.2) is 5.15 Å². The fourth-order valence-corrected chi connectivity index (χ4v) is 3.63. The van der Waals surface area contributed by atoms with Crippen molar-refractivity contribution in [2.75, 3.05) is 6.54 Å². The maximum Gasteiger partial charge on any atom is 0.404 e. The Bertz CT molecular complexity index is 1020. The van der Waals surface area contributed by atoms with Gasteiger partial charge < -0.3 is 10.4 Å². The summed E-state index contributed by atoms with van der Waals surface area (Å²) in [5.74, 6) is 0. The van der Waals surface area contributed by atoms with E-state index in [4.69, 9.17) is 16.7 Å². The molecule has 0 saturated heterocycles. The van der Waals surface area contributed by atoms with Crippen LogP contribution in [0, 0.1) is 11.3 Å². The number of nitrogens with one attached hydrogen (secondary N) is 2. The van der Waals surface area contributed by atoms with Crippen molar-refractivity contribution in [1.29, 1.82) is 5.26 Å². The molecule has 3 rings (SSSR count). The van der Waals surface area contributed by atoms with Gasteiger partial charge in [-0.1, -0.05) is 29.4 Å². The maximum atomic E-state index is 10.6. The highest BCUT2D eigenvalue weighted by molar-refractivity contribution is 7.99. The number of amides is 1. The van der Waals surface area contributed by atoms with Crippen LogP contribution in [-0.4, -0.2) is 38.1 Å². The number of rotatable bonds is 6. The lowest BCUT2D eigenvalue weighted by Gasteiger charge is -2.10. The van der Waals surface area contributed by atoms with E-state index in [9.17, 15) is 10.1 Å². The maximum absolute atomic E-state index is 10.6. The standard InChI is InChI=1S/C17H13ClN6O2S/c18-15-6-12(9-22-23-15)27-14-5-10(7-19)1-2-13(14)16-11(8-21-24-16)3-4-20-17(25)26/h1-2,5-6,8-9,20H,3-4H2,(H,21,24)(H,25,26). The zero-order valence-corrected chi connectivity index (χ0v) is 15.4. The van der Waals surface area contributed by atoms with E-state index in [-0.39, 0.29) is 11.7 Å². The summed E-state index contributed by atoms with van der Waals surface area (Å²) in [7, 11) is 0. The lowest BCUT2D eigenvalue weighted by Crippen LogP contribution is -2.23. The van der Waals surface area contributed by atoms with Crippen molar-refractivity contribution < 1.29 is 9.90 Å². The first-order valence-electron chi connectivity index (χ1n) is 7.77. The lowest BCUT2D eigenvalue weighted by atomic mass is 10.0. The van der Waals surface area contributed by atoms with Crippen molar-refractivity contribution in [3.63, 3.8) is 0 Å². The van der Waals surface area contributed by atoms with Gasteiger partial charge in [0.05, 0.1) is 23.5 Å². The Labute approximate surface area is 163 Å². The number of H-pyrrole nitrogens is 1. The van der Waals surface area contributed by atoms with Gasteiger partial charge in [-0.3, -0.25) is 5.10 Å². The summed E-state index contributed by atoms with van der Waals surface area (Å²) in [5.41, 5.74) is 2.89. The minimum absolute atomic E-state index is 0.268. The van der Waals surface area contributed by atoms with Crippen molar-refractivity contribution in [2.24, 2.45) is 0 Å². The van der Waals surface area contributed by atoms with Gasteiger partial charge in [-0.2, -0.15) is 15.5 Å². The van der Waals surface area contributed by atoms with Crippen molar-refractivity contribution in [3.8, 4) is 17.3 Å². The Morgan fingerprint density at radius 2 is 2.26 bits per heavy atom. The summed E-state index contributed by atoms with van der Waals surface area (Å²) < 4.78 is 0. The van der Waals surface area contributed by atoms with E-state index in [0.717, 1.165) is 20.9 Å². The number of hydrogen-bond acceptors (Lipinski definition) is 6. The van der Waals surface area contributed by atoms with Gasteiger partial charge in [0.2, 0.25) is 0 Å². The number of carboxylic acid groups (broad SMARTS) is 1. The molecule has 1 aromatic carbocycles. The van der Waals surface area contributed by atoms with E-state index >= 15 is 0 Å². The summed E-state index contributed by atoms with van der Waals surface area (Å²) >= 11 is 7.30. The molecule has 10 heteroatoms. The second kappa shape index (κ2) is 8.53. The van der Waals surface area contributed by atoms with Crippen LogP contribution < -0.4 is 5.32 Å². The quantitative estimate of drug-likeness (QED) is 0.578. The number of carbonyl (C=O) groups is 1. The summed E-state index contributed by atoms with van der Waals surface area (Å²) in [6.07, 6.45) is 2.72. The monoisotopic (exact) mass is 400 g/mol. The van der Waals surface area contributed by atoms with Crippen LogP contribution in [0.3, 0.4) is 0 Å². The molecule has 0 aliphatic carbocycles. The van der Waals surface area contributed by atoms with Crippen LogP contribution in [0.1, 0.15) is 11.1 Å². The third-order valence-corrected chi connectivity index (χ3v) is 4.78. The molecule has 3 N–H and O–H groups in total. The van der Waals surface area contributed by atoms with Gasteiger partial charge in [0.25, 0.3) is 0 Å². The molecule has 3 aromatic rings. The molecule has 0 spiro atoms. The molecule has 0 aliphatic heterocycles. The fourth-order valence-electron chi connectivity index (χ4n) is 2.42. The molecule has 0 unspecified atom stereocenters. The van der Waals surface area contributed by atoms with E-state index in [1.54, 1.807) is 30.6 Å². The Kier molecular flexibility index (Phi) is 5.90. The average molecular weight is 401 g/mol. The van der Waals surface area contributed by atoms with Crippen LogP contribution in [0.15, 0.2) is 46.5 Å². The van der Waals surface area contributed by atoms with Crippen LogP contribution in [0.2, 0.25) is 5.15 Å². The molecule has 1 amide bonds. The third-order valence-electron chi connectivity index (χ3n) is 3.58. The second-order valence-corrected chi connectivity index (χ2v) is 6.88. The van der Waals surface area contributed by atoms with Gasteiger partial charge in [-0.15, -0.1) is 5.10 Å². The largest absolute Gasteiger partial charge is 0.465 e. The minimum atomic E-state index is -1.07. The molecule has 136 valence electrons. The van der Waals surface area contributed by atoms with E-state index in [2.05, 4.69) is 31.8 Å². The lowest BCUT2D eigenvalue weighted by molar-refractivity contribution is 0.194. The Morgan fingerprint density at radius 1 is 1.41 bits per heavy atom. The Morgan fingerprint density at radius 3 is 3.00 bits per heavy atom. The van der Waals surface area contributed by atoms with E-state index in [1.165, 1.54) is 11.8 Å². The molecule has 0 radical (unpaired) electrons. The molecule has 2 aromatic heterocycles. The number of hydrogen-bond donors (Lipinski definition) is 3. The van der Waals surface area contributed by atoms with Crippen LogP contribution in [0.5, 0.6) is 0 Å². The summed E-state index contributed by atoms with van der Waals surface area (Å²) in [6.45, 7) is 0.268. The topological polar surface area (TPSA) is 128 Å². The van der Waals surface area contributed by atoms with Crippen LogP contribution in [0.25, 0.3) is 11.3 Å². The molecule has 8 nitrogen and oxygen atoms in total. The number of halogens is 1. The van der Waals surface area contributed by atoms with E-state index in [1.807, 2.05) is 6.07 Å². The SMILES string of the molecule is N#Cc1ccc(-c2n[nH]cc2CCNC(=O)O)c(Sc2cnnc(Cl)c2)c1. The molecule has 0 atom stereocenters. The summed E-state index contributed by atoms with van der Waals surface area (Å²) in [4.78, 5) is 12.2. The molecule has 2 heterocycles. The number of benzene rings is 1. The normalized spacial score (nSPS) is 10.4. The third kappa shape index (κ3) is 4.75. The van der Waals surface area contributed by atoms with Gasteiger partial charge in [-0.05, 0) is 30.2 Å². The minimum Gasteiger partial charge on any atom is -0.465 e. The molecule has 27 heavy (non-hydrogen) atoms. The highest BCUT2D eigenvalue weighted by Crippen LogP contribution is 2.37. The molecule has 0 saturated carbocycles. The number of nitrogens with zero attached hydrogens (tertiary/aromatic N) is 4. The van der Waals surface area contributed by atoms with Crippen LogP contribution in [0.4, 0.5) is 4.79 Å². The first-order valence-corrected chi connectivity index (χ1v) is 8.96. The van der Waals surface area contributed by atoms with Gasteiger partial charge >= 0.3 is 6.09 Å². The fraction of sp³-hybridized carbons (Fsp3) is 0.118. The van der Waals surface area contributed by atoms with Crippen molar-refractivity contribution in [1.82, 2.24) is 25.7 Å². The second-order valence-electron chi connectivity index (χ2n) is 5.38. The molecule has 0 fully saturated rings. The molecular formula is C17H13ClN6O2S. The highest BCUT2D eigenvalue weighted by atomic mass is 35.5. The molecule has 0 bridgehead atoms. The van der Waals surface area contributed by atoms with E-state index in [0.29, 0.717) is 17.7 Å². The van der Waals surface area contributed by atoms with Crippen LogP contribution >= 0.6 is 23.4 Å². The number of aromatic amines is 1. The van der Waals surface area contributed by atoms with Gasteiger partial charge in [-0.25, -0.2) is 4.79 Å². The number of nitriles is 1. The first-order chi connectivity index (χ1) is 13.1. The molecular weight excluding hydrogens is 388 g/mol. The first kappa shape index (κ1) is 18.7. The summed E-state index contributed by atoms with van der Waals surface area (Å²) in [5, 5.41) is 35.3. The predicted octanol–water partition coefficient (Wildman–Crippen LogP) is 3.35. The Balaban J connectivity index is 1.95. The van der Waals surface area contributed by atoms with Gasteiger partial charge in [0, 0.05) is 28.1 Å². The smallest absolute Gasteiger partial charge is 0.404 e. The average Bonchev–Trinajstić information content (AvgIpc) is 3.09. The predicted molar refractivity (Wildman–Crippen MR) is 99.6 cm³/mol. The summed E-state index contributed by atoms with van der Waals surface area (Å²) in [6, 6.07) is 9.11. The van der Waals surface area contributed by atoms with Crippen molar-refractivity contribution >= 4 is 29.5 Å². The van der Waals surface area contributed by atoms with Crippen molar-refractivity contribution in [2.45, 2.75) is 16.2 Å². The van der Waals surface area contributed by atoms with E-state index < -0.39 is 6.09 Å². The zero-order chi connectivity index (χ0) is 19.2. The zero-order valence-electron chi connectivity index (χ0n) is 13.8. The van der Waals surface area contributed by atoms with Crippen molar-refractivity contribution in [3.05, 3.63) is 52.9 Å². The van der Waals surface area contributed by atoms with Gasteiger partial charge in [0.1, 0.15) is 0 Å². The van der Waals surface area contributed by atoms with Crippen LogP contribution in [-0.2, 0) is 6.42 Å². The molecule has 0 aliphatic rings. The number of aromatic nitrogens is 4. The Hall–Kier alpha value is -3.09.